The van der Waals surface area contributed by atoms with Crippen molar-refractivity contribution in [3.05, 3.63) is 51.4 Å². The van der Waals surface area contributed by atoms with Crippen molar-refractivity contribution in [3.8, 4) is 11.8 Å². The second-order valence-corrected chi connectivity index (χ2v) is 7.25. The van der Waals surface area contributed by atoms with Crippen molar-refractivity contribution in [1.82, 2.24) is 0 Å². The third kappa shape index (κ3) is 4.99. The van der Waals surface area contributed by atoms with Gasteiger partial charge in [-0.25, -0.2) is 4.79 Å². The first-order valence-corrected chi connectivity index (χ1v) is 9.57. The summed E-state index contributed by atoms with van der Waals surface area (Å²) in [5.74, 6) is -0.378. The summed E-state index contributed by atoms with van der Waals surface area (Å²) in [4.78, 5) is 25.5. The highest BCUT2D eigenvalue weighted by Crippen LogP contribution is 2.33. The number of esters is 1. The van der Waals surface area contributed by atoms with Crippen molar-refractivity contribution in [1.29, 1.82) is 5.26 Å². The Labute approximate surface area is 168 Å². The van der Waals surface area contributed by atoms with E-state index in [1.165, 1.54) is 24.5 Å². The minimum absolute atomic E-state index is 0.0678. The Morgan fingerprint density at radius 2 is 1.93 bits per heavy atom. The van der Waals surface area contributed by atoms with Crippen molar-refractivity contribution in [2.24, 2.45) is 0 Å². The number of aryl methyl sites for hydroxylation is 1. The van der Waals surface area contributed by atoms with Crippen molar-refractivity contribution >= 4 is 34.3 Å². The maximum Gasteiger partial charge on any atom is 0.341 e. The number of rotatable bonds is 7. The van der Waals surface area contributed by atoms with Gasteiger partial charge in [0.2, 0.25) is 0 Å². The van der Waals surface area contributed by atoms with Crippen molar-refractivity contribution in [2.45, 2.75) is 27.2 Å². The van der Waals surface area contributed by atoms with Crippen molar-refractivity contribution < 1.29 is 19.1 Å². The zero-order valence-corrected chi connectivity index (χ0v) is 17.1. The number of amides is 1. The Morgan fingerprint density at radius 3 is 2.50 bits per heavy atom. The molecule has 0 saturated heterocycles. The molecule has 1 N–H and O–H groups in total. The Bertz CT molecular complexity index is 937. The van der Waals surface area contributed by atoms with Gasteiger partial charge in [0.25, 0.3) is 5.91 Å². The van der Waals surface area contributed by atoms with Gasteiger partial charge in [0.1, 0.15) is 22.4 Å². The lowest BCUT2D eigenvalue weighted by Crippen LogP contribution is -2.15. The lowest BCUT2D eigenvalue weighted by Gasteiger charge is -2.06. The van der Waals surface area contributed by atoms with Gasteiger partial charge in [0.15, 0.2) is 0 Å². The number of anilines is 1. The van der Waals surface area contributed by atoms with E-state index in [4.69, 9.17) is 9.47 Å². The van der Waals surface area contributed by atoms with Gasteiger partial charge in [0.05, 0.1) is 19.3 Å². The standard InChI is InChI=1S/C21H22N2O4S/c1-5-10-27-17-8-6-15(7-9-17)11-16(12-22)19(24)23-20-18(21(25)26-4)13(2)14(3)28-20/h6-9,11H,5,10H2,1-4H3,(H,23,24)/b16-11+. The molecule has 0 aliphatic rings. The summed E-state index contributed by atoms with van der Waals surface area (Å²) in [6, 6.07) is 9.03. The fraction of sp³-hybridized carbons (Fsp3) is 0.286. The zero-order valence-electron chi connectivity index (χ0n) is 16.3. The molecule has 0 bridgehead atoms. The summed E-state index contributed by atoms with van der Waals surface area (Å²) in [6.45, 7) is 6.29. The molecule has 6 nitrogen and oxygen atoms in total. The molecule has 0 spiro atoms. The summed E-state index contributed by atoms with van der Waals surface area (Å²) in [5.41, 5.74) is 1.69. The highest BCUT2D eigenvalue weighted by molar-refractivity contribution is 7.16. The van der Waals surface area contributed by atoms with Gasteiger partial charge < -0.3 is 14.8 Å². The van der Waals surface area contributed by atoms with Crippen molar-refractivity contribution in [2.75, 3.05) is 19.0 Å². The number of methoxy groups -OCH3 is 1. The van der Waals surface area contributed by atoms with E-state index in [9.17, 15) is 14.9 Å². The number of hydrogen-bond donors (Lipinski definition) is 1. The summed E-state index contributed by atoms with van der Waals surface area (Å²) < 4.78 is 10.3. The Hall–Kier alpha value is -3.11. The number of hydrogen-bond acceptors (Lipinski definition) is 6. The van der Waals surface area contributed by atoms with Gasteiger partial charge in [-0.1, -0.05) is 19.1 Å². The molecule has 0 saturated carbocycles. The molecule has 0 aliphatic carbocycles. The molecule has 1 amide bonds. The highest BCUT2D eigenvalue weighted by Gasteiger charge is 2.22. The number of nitrogens with one attached hydrogen (secondary N) is 1. The molecule has 2 rings (SSSR count). The molecule has 146 valence electrons. The van der Waals surface area contributed by atoms with Crippen molar-refractivity contribution in [3.63, 3.8) is 0 Å². The molecule has 1 aromatic heterocycles. The molecule has 7 heteroatoms. The van der Waals surface area contributed by atoms with Crippen LogP contribution in [0.2, 0.25) is 0 Å². The third-order valence-electron chi connectivity index (χ3n) is 4.03. The molecular formula is C21H22N2O4S. The number of benzene rings is 1. The van der Waals surface area contributed by atoms with E-state index < -0.39 is 11.9 Å². The van der Waals surface area contributed by atoms with Crippen LogP contribution in [0, 0.1) is 25.2 Å². The van der Waals surface area contributed by atoms with Crippen LogP contribution in [-0.2, 0) is 9.53 Å². The van der Waals surface area contributed by atoms with E-state index in [0.29, 0.717) is 22.7 Å². The van der Waals surface area contributed by atoms with E-state index >= 15 is 0 Å². The molecule has 0 atom stereocenters. The second kappa shape index (κ2) is 9.72. The maximum absolute atomic E-state index is 12.6. The average Bonchev–Trinajstić information content (AvgIpc) is 2.97. The number of nitriles is 1. The second-order valence-electron chi connectivity index (χ2n) is 6.02. The first-order chi connectivity index (χ1) is 13.4. The number of carbonyl (C=O) groups excluding carboxylic acids is 2. The van der Waals surface area contributed by atoms with Crippen LogP contribution in [0.25, 0.3) is 6.08 Å². The van der Waals surface area contributed by atoms with Crippen LogP contribution in [0.15, 0.2) is 29.8 Å². The van der Waals surface area contributed by atoms with E-state index in [-0.39, 0.29) is 5.57 Å². The molecule has 1 aromatic carbocycles. The maximum atomic E-state index is 12.6. The minimum atomic E-state index is -0.583. The first kappa shape index (κ1) is 21.2. The van der Waals surface area contributed by atoms with Gasteiger partial charge >= 0.3 is 5.97 Å². The van der Waals surface area contributed by atoms with Crippen LogP contribution in [-0.4, -0.2) is 25.6 Å². The van der Waals surface area contributed by atoms with Gasteiger partial charge in [0, 0.05) is 4.88 Å². The van der Waals surface area contributed by atoms with Crippen LogP contribution in [0.4, 0.5) is 5.00 Å². The van der Waals surface area contributed by atoms with E-state index in [0.717, 1.165) is 22.6 Å². The SMILES string of the molecule is CCCOc1ccc(/C=C(\C#N)C(=O)Nc2sc(C)c(C)c2C(=O)OC)cc1. The fourth-order valence-corrected chi connectivity index (χ4v) is 3.47. The topological polar surface area (TPSA) is 88.4 Å². The van der Waals surface area contributed by atoms with Gasteiger partial charge in [-0.05, 0) is 49.6 Å². The average molecular weight is 398 g/mol. The molecule has 1 heterocycles. The monoisotopic (exact) mass is 398 g/mol. The summed E-state index contributed by atoms with van der Waals surface area (Å²) in [6.07, 6.45) is 2.40. The number of nitrogens with zero attached hydrogens (tertiary/aromatic N) is 1. The minimum Gasteiger partial charge on any atom is -0.494 e. The third-order valence-corrected chi connectivity index (χ3v) is 5.15. The fourth-order valence-electron chi connectivity index (χ4n) is 2.43. The summed E-state index contributed by atoms with van der Waals surface area (Å²) in [5, 5.41) is 12.4. The van der Waals surface area contributed by atoms with E-state index in [1.54, 1.807) is 31.2 Å². The quantitative estimate of drug-likeness (QED) is 0.422. The molecule has 0 unspecified atom stereocenters. The predicted octanol–water partition coefficient (Wildman–Crippen LogP) is 4.49. The first-order valence-electron chi connectivity index (χ1n) is 8.75. The molecule has 0 aliphatic heterocycles. The van der Waals surface area contributed by atoms with Crippen LogP contribution in [0.3, 0.4) is 0 Å². The molecule has 0 radical (unpaired) electrons. The summed E-state index contributed by atoms with van der Waals surface area (Å²) in [7, 11) is 1.29. The number of thiophene rings is 1. The van der Waals surface area contributed by atoms with E-state index in [2.05, 4.69) is 5.32 Å². The highest BCUT2D eigenvalue weighted by atomic mass is 32.1. The van der Waals surface area contributed by atoms with E-state index in [1.807, 2.05) is 19.9 Å². The largest absolute Gasteiger partial charge is 0.494 e. The Kier molecular flexibility index (Phi) is 7.36. The predicted molar refractivity (Wildman–Crippen MR) is 110 cm³/mol. The smallest absolute Gasteiger partial charge is 0.341 e. The Balaban J connectivity index is 2.23. The molecule has 28 heavy (non-hydrogen) atoms. The summed E-state index contributed by atoms with van der Waals surface area (Å²) >= 11 is 1.27. The van der Waals surface area contributed by atoms with Crippen LogP contribution >= 0.6 is 11.3 Å². The van der Waals surface area contributed by atoms with Gasteiger partial charge in [-0.3, -0.25) is 4.79 Å². The number of ether oxygens (including phenoxy) is 2. The lowest BCUT2D eigenvalue weighted by atomic mass is 10.1. The van der Waals surface area contributed by atoms with Gasteiger partial charge in [-0.2, -0.15) is 5.26 Å². The van der Waals surface area contributed by atoms with Gasteiger partial charge in [-0.15, -0.1) is 11.3 Å². The molecular weight excluding hydrogens is 376 g/mol. The normalized spacial score (nSPS) is 10.9. The van der Waals surface area contributed by atoms with Crippen LogP contribution in [0.5, 0.6) is 5.75 Å². The molecule has 2 aromatic rings. The van der Waals surface area contributed by atoms with Crippen LogP contribution < -0.4 is 10.1 Å². The number of carbonyl (C=O) groups is 2. The zero-order chi connectivity index (χ0) is 20.7. The van der Waals surface area contributed by atoms with Crippen LogP contribution in [0.1, 0.15) is 39.7 Å². The molecule has 0 fully saturated rings. The Morgan fingerprint density at radius 1 is 1.25 bits per heavy atom. The lowest BCUT2D eigenvalue weighted by molar-refractivity contribution is -0.112.